The second-order valence-electron chi connectivity index (χ2n) is 4.59. The molecule has 0 aliphatic heterocycles. The third-order valence-electron chi connectivity index (χ3n) is 2.91. The predicted octanol–water partition coefficient (Wildman–Crippen LogP) is 2.90. The minimum atomic E-state index is 0.574. The molecule has 2 heteroatoms. The molecule has 0 heterocycles. The first-order valence-corrected chi connectivity index (χ1v) is 7.01. The smallest absolute Gasteiger partial charge is 0.120 e. The zero-order valence-corrected chi connectivity index (χ0v) is 11.5. The van der Waals surface area contributed by atoms with Crippen LogP contribution in [0.4, 0.5) is 0 Å². The lowest BCUT2D eigenvalue weighted by Crippen LogP contribution is -2.82. The third kappa shape index (κ3) is 6.45. The van der Waals surface area contributed by atoms with E-state index < -0.39 is 0 Å². The Labute approximate surface area is 111 Å². The summed E-state index contributed by atoms with van der Waals surface area (Å²) in [5, 5.41) is 2.38. The van der Waals surface area contributed by atoms with Gasteiger partial charge in [0.15, 0.2) is 0 Å². The van der Waals surface area contributed by atoms with Crippen molar-refractivity contribution in [2.75, 3.05) is 13.2 Å². The van der Waals surface area contributed by atoms with Crippen LogP contribution in [0.3, 0.4) is 0 Å². The van der Waals surface area contributed by atoms with Crippen molar-refractivity contribution in [1.82, 2.24) is 0 Å². The Morgan fingerprint density at radius 2 is 2.17 bits per heavy atom. The van der Waals surface area contributed by atoms with Gasteiger partial charge in [0.05, 0.1) is 6.54 Å². The number of quaternary nitrogens is 1. The van der Waals surface area contributed by atoms with Crippen molar-refractivity contribution in [2.45, 2.75) is 39.2 Å². The van der Waals surface area contributed by atoms with Crippen LogP contribution in [-0.2, 0) is 6.54 Å². The molecule has 0 atom stereocenters. The van der Waals surface area contributed by atoms with E-state index in [-0.39, 0.29) is 0 Å². The van der Waals surface area contributed by atoms with Crippen molar-refractivity contribution in [2.24, 2.45) is 0 Å². The Bertz CT molecular complexity index is 336. The van der Waals surface area contributed by atoms with E-state index in [4.69, 9.17) is 4.74 Å². The maximum atomic E-state index is 5.52. The Hall–Kier alpha value is -1.28. The molecule has 0 aromatic heterocycles. The minimum Gasteiger partial charge on any atom is -0.490 e. The summed E-state index contributed by atoms with van der Waals surface area (Å²) in [5.41, 5.74) is 1.33. The molecule has 0 aliphatic rings. The van der Waals surface area contributed by atoms with E-state index in [2.05, 4.69) is 37.0 Å². The lowest BCUT2D eigenvalue weighted by molar-refractivity contribution is -0.671. The van der Waals surface area contributed by atoms with Gasteiger partial charge in [0.2, 0.25) is 0 Å². The summed E-state index contributed by atoms with van der Waals surface area (Å²) in [4.78, 5) is 0. The molecule has 0 saturated carbocycles. The molecule has 0 fully saturated rings. The van der Waals surface area contributed by atoms with Gasteiger partial charge in [-0.3, -0.25) is 0 Å². The SMILES string of the molecule is C=CCOc1cccc(C[NH2+]CCCCCC)c1. The first kappa shape index (κ1) is 14.8. The number of hydrogen-bond acceptors (Lipinski definition) is 1. The molecule has 100 valence electrons. The number of rotatable bonds is 10. The highest BCUT2D eigenvalue weighted by molar-refractivity contribution is 5.28. The fraction of sp³-hybridized carbons (Fsp3) is 0.500. The summed E-state index contributed by atoms with van der Waals surface area (Å²) in [5.74, 6) is 0.937. The Morgan fingerprint density at radius 1 is 1.28 bits per heavy atom. The monoisotopic (exact) mass is 248 g/mol. The van der Waals surface area contributed by atoms with Crippen LogP contribution >= 0.6 is 0 Å². The van der Waals surface area contributed by atoms with Gasteiger partial charge in [-0.25, -0.2) is 0 Å². The number of unbranched alkanes of at least 4 members (excludes halogenated alkanes) is 3. The van der Waals surface area contributed by atoms with Crippen LogP contribution < -0.4 is 10.1 Å². The molecule has 1 aromatic carbocycles. The molecule has 1 aromatic rings. The molecule has 0 aliphatic carbocycles. The van der Waals surface area contributed by atoms with Gasteiger partial charge in [-0.2, -0.15) is 0 Å². The molecule has 18 heavy (non-hydrogen) atoms. The summed E-state index contributed by atoms with van der Waals surface area (Å²) in [6.07, 6.45) is 7.11. The highest BCUT2D eigenvalue weighted by atomic mass is 16.5. The van der Waals surface area contributed by atoms with E-state index in [0.29, 0.717) is 6.61 Å². The fourth-order valence-corrected chi connectivity index (χ4v) is 1.90. The van der Waals surface area contributed by atoms with E-state index in [9.17, 15) is 0 Å². The van der Waals surface area contributed by atoms with E-state index in [1.54, 1.807) is 6.08 Å². The second kappa shape index (κ2) is 9.72. The van der Waals surface area contributed by atoms with Crippen molar-refractivity contribution in [3.63, 3.8) is 0 Å². The van der Waals surface area contributed by atoms with Gasteiger partial charge >= 0.3 is 0 Å². The Kier molecular flexibility index (Phi) is 7.98. The number of nitrogens with two attached hydrogens (primary N) is 1. The first-order valence-electron chi connectivity index (χ1n) is 7.01. The Balaban J connectivity index is 2.22. The van der Waals surface area contributed by atoms with Crippen LogP contribution in [0.1, 0.15) is 38.2 Å². The Morgan fingerprint density at radius 3 is 2.94 bits per heavy atom. The summed E-state index contributed by atoms with van der Waals surface area (Å²) in [6, 6.07) is 8.32. The maximum Gasteiger partial charge on any atom is 0.120 e. The molecular formula is C16H26NO+. The normalized spacial score (nSPS) is 10.3. The predicted molar refractivity (Wildman–Crippen MR) is 76.8 cm³/mol. The topological polar surface area (TPSA) is 25.8 Å². The van der Waals surface area contributed by atoms with Crippen molar-refractivity contribution in [3.8, 4) is 5.75 Å². The van der Waals surface area contributed by atoms with Crippen LogP contribution in [-0.4, -0.2) is 13.2 Å². The number of hydrogen-bond donors (Lipinski definition) is 1. The highest BCUT2D eigenvalue weighted by Crippen LogP contribution is 2.12. The van der Waals surface area contributed by atoms with Crippen molar-refractivity contribution in [1.29, 1.82) is 0 Å². The fourth-order valence-electron chi connectivity index (χ4n) is 1.90. The maximum absolute atomic E-state index is 5.52. The molecule has 0 bridgehead atoms. The number of ether oxygens (including phenoxy) is 1. The zero-order valence-electron chi connectivity index (χ0n) is 11.5. The van der Waals surface area contributed by atoms with Gasteiger partial charge in [-0.15, -0.1) is 0 Å². The highest BCUT2D eigenvalue weighted by Gasteiger charge is 1.98. The summed E-state index contributed by atoms with van der Waals surface area (Å²) >= 11 is 0. The largest absolute Gasteiger partial charge is 0.490 e. The molecule has 0 saturated heterocycles. The lowest BCUT2D eigenvalue weighted by Gasteiger charge is -2.06. The average molecular weight is 248 g/mol. The molecule has 2 nitrogen and oxygen atoms in total. The minimum absolute atomic E-state index is 0.574. The molecule has 2 N–H and O–H groups in total. The van der Waals surface area contributed by atoms with Gasteiger partial charge in [0.25, 0.3) is 0 Å². The van der Waals surface area contributed by atoms with E-state index in [1.807, 2.05) is 6.07 Å². The quantitative estimate of drug-likeness (QED) is 0.500. The van der Waals surface area contributed by atoms with Crippen LogP contribution in [0.2, 0.25) is 0 Å². The van der Waals surface area contributed by atoms with Crippen LogP contribution in [0.25, 0.3) is 0 Å². The van der Waals surface area contributed by atoms with Gasteiger partial charge in [-0.05, 0) is 25.0 Å². The van der Waals surface area contributed by atoms with Crippen LogP contribution in [0, 0.1) is 0 Å². The summed E-state index contributed by atoms with van der Waals surface area (Å²) in [7, 11) is 0. The first-order chi connectivity index (χ1) is 8.86. The van der Waals surface area contributed by atoms with Crippen molar-refractivity contribution < 1.29 is 10.1 Å². The second-order valence-corrected chi connectivity index (χ2v) is 4.59. The molecule has 0 amide bonds. The van der Waals surface area contributed by atoms with Gasteiger partial charge in [0, 0.05) is 5.56 Å². The van der Waals surface area contributed by atoms with Gasteiger partial charge in [-0.1, -0.05) is 44.6 Å². The van der Waals surface area contributed by atoms with Crippen LogP contribution in [0.5, 0.6) is 5.75 Å². The van der Waals surface area contributed by atoms with Gasteiger partial charge < -0.3 is 10.1 Å². The lowest BCUT2D eigenvalue weighted by atomic mass is 10.2. The molecule has 0 unspecified atom stereocenters. The zero-order chi connectivity index (χ0) is 13.1. The summed E-state index contributed by atoms with van der Waals surface area (Å²) in [6.45, 7) is 8.73. The molecule has 1 rings (SSSR count). The number of benzene rings is 1. The van der Waals surface area contributed by atoms with Crippen LogP contribution in [0.15, 0.2) is 36.9 Å². The van der Waals surface area contributed by atoms with Crippen molar-refractivity contribution in [3.05, 3.63) is 42.5 Å². The molecule has 0 radical (unpaired) electrons. The summed E-state index contributed by atoms with van der Waals surface area (Å²) < 4.78 is 5.52. The van der Waals surface area contributed by atoms with Crippen molar-refractivity contribution >= 4 is 0 Å². The van der Waals surface area contributed by atoms with E-state index in [1.165, 1.54) is 37.8 Å². The third-order valence-corrected chi connectivity index (χ3v) is 2.91. The van der Waals surface area contributed by atoms with Gasteiger partial charge in [0.1, 0.15) is 18.9 Å². The molecular weight excluding hydrogens is 222 g/mol. The standard InChI is InChI=1S/C16H25NO/c1-3-5-6-7-11-17-14-15-9-8-10-16(13-15)18-12-4-2/h4,8-10,13,17H,2-3,5-7,11-12,14H2,1H3/p+1. The van der Waals surface area contributed by atoms with E-state index in [0.717, 1.165) is 12.3 Å². The average Bonchev–Trinajstić information content (AvgIpc) is 2.41. The molecule has 0 spiro atoms. The van der Waals surface area contributed by atoms with E-state index >= 15 is 0 Å².